The van der Waals surface area contributed by atoms with Crippen molar-refractivity contribution in [3.8, 4) is 0 Å². The van der Waals surface area contributed by atoms with Gasteiger partial charge in [-0.3, -0.25) is 4.79 Å². The Hall–Kier alpha value is -0.510. The number of carbonyl (C=O) groups excluding carboxylic acids is 2. The van der Waals surface area contributed by atoms with Gasteiger partial charge in [0.2, 0.25) is 0 Å². The molecule has 0 fully saturated rings. The molecule has 4 heteroatoms. The molecule has 0 unspecified atom stereocenters. The van der Waals surface area contributed by atoms with Gasteiger partial charge in [-0.1, -0.05) is 0 Å². The zero-order chi connectivity index (χ0) is 7.82. The van der Waals surface area contributed by atoms with Gasteiger partial charge in [0.1, 0.15) is 6.29 Å². The van der Waals surface area contributed by atoms with E-state index >= 15 is 0 Å². The van der Waals surface area contributed by atoms with E-state index in [0.717, 1.165) is 6.29 Å². The Morgan fingerprint density at radius 3 is 2.90 bits per heavy atom. The second-order valence-corrected chi connectivity index (χ2v) is 2.72. The maximum absolute atomic E-state index is 10.5. The number of esters is 1. The zero-order valence-corrected chi connectivity index (χ0v) is 6.65. The van der Waals surface area contributed by atoms with E-state index in [2.05, 4.69) is 4.74 Å². The topological polar surface area (TPSA) is 43.4 Å². The van der Waals surface area contributed by atoms with Crippen molar-refractivity contribution < 1.29 is 14.3 Å². The van der Waals surface area contributed by atoms with Crippen LogP contribution < -0.4 is 0 Å². The molecular formula is C6H10O3S. The minimum absolute atomic E-state index is 0.224. The van der Waals surface area contributed by atoms with Crippen LogP contribution in [0.15, 0.2) is 0 Å². The quantitative estimate of drug-likeness (QED) is 0.335. The van der Waals surface area contributed by atoms with Crippen LogP contribution in [-0.4, -0.2) is 30.9 Å². The average Bonchev–Trinajstić information content (AvgIpc) is 1.98. The van der Waals surface area contributed by atoms with Gasteiger partial charge in [-0.25, -0.2) is 0 Å². The highest BCUT2D eigenvalue weighted by atomic mass is 32.2. The van der Waals surface area contributed by atoms with E-state index in [0.29, 0.717) is 17.9 Å². The number of hydrogen-bond acceptors (Lipinski definition) is 4. The zero-order valence-electron chi connectivity index (χ0n) is 5.83. The summed E-state index contributed by atoms with van der Waals surface area (Å²) < 4.78 is 4.39. The Balaban J connectivity index is 3.03. The van der Waals surface area contributed by atoms with Crippen LogP contribution in [0.25, 0.3) is 0 Å². The standard InChI is InChI=1S/C6H10O3S/c1-9-6(8)2-4-10-5-3-7/h3H,2,4-5H2,1H3. The second-order valence-electron chi connectivity index (χ2n) is 1.57. The molecule has 0 aromatic carbocycles. The first-order valence-corrected chi connectivity index (χ1v) is 4.05. The van der Waals surface area contributed by atoms with Crippen molar-refractivity contribution >= 4 is 24.0 Å². The predicted octanol–water partition coefficient (Wildman–Crippen LogP) is 0.482. The van der Waals surface area contributed by atoms with Crippen molar-refractivity contribution in [1.29, 1.82) is 0 Å². The molecule has 0 aromatic rings. The third-order valence-corrected chi connectivity index (χ3v) is 1.73. The molecule has 0 bridgehead atoms. The van der Waals surface area contributed by atoms with E-state index in [-0.39, 0.29) is 5.97 Å². The highest BCUT2D eigenvalue weighted by molar-refractivity contribution is 7.99. The molecule has 0 heterocycles. The van der Waals surface area contributed by atoms with Crippen molar-refractivity contribution in [3.05, 3.63) is 0 Å². The largest absolute Gasteiger partial charge is 0.469 e. The van der Waals surface area contributed by atoms with Crippen molar-refractivity contribution in [2.24, 2.45) is 0 Å². The number of aldehydes is 1. The van der Waals surface area contributed by atoms with Crippen LogP contribution in [0.1, 0.15) is 6.42 Å². The number of thioether (sulfide) groups is 1. The predicted molar refractivity (Wildman–Crippen MR) is 40.0 cm³/mol. The van der Waals surface area contributed by atoms with Crippen molar-refractivity contribution in [3.63, 3.8) is 0 Å². The molecule has 0 N–H and O–H groups in total. The van der Waals surface area contributed by atoms with Gasteiger partial charge in [0.05, 0.1) is 13.5 Å². The van der Waals surface area contributed by atoms with E-state index in [1.54, 1.807) is 0 Å². The Morgan fingerprint density at radius 2 is 2.40 bits per heavy atom. The van der Waals surface area contributed by atoms with E-state index in [4.69, 9.17) is 0 Å². The highest BCUT2D eigenvalue weighted by Gasteiger charge is 1.97. The SMILES string of the molecule is COC(=O)CCSCC=O. The Kier molecular flexibility index (Phi) is 6.27. The first-order chi connectivity index (χ1) is 4.81. The summed E-state index contributed by atoms with van der Waals surface area (Å²) in [6.45, 7) is 0. The summed E-state index contributed by atoms with van der Waals surface area (Å²) in [6, 6.07) is 0. The van der Waals surface area contributed by atoms with Crippen LogP contribution in [0.5, 0.6) is 0 Å². The molecule has 0 spiro atoms. The molecule has 0 atom stereocenters. The maximum Gasteiger partial charge on any atom is 0.306 e. The number of rotatable bonds is 5. The van der Waals surface area contributed by atoms with Crippen LogP contribution >= 0.6 is 11.8 Å². The lowest BCUT2D eigenvalue weighted by atomic mass is 10.5. The van der Waals surface area contributed by atoms with E-state index in [1.807, 2.05) is 0 Å². The lowest BCUT2D eigenvalue weighted by Crippen LogP contribution is -2.01. The normalized spacial score (nSPS) is 8.90. The van der Waals surface area contributed by atoms with Gasteiger partial charge in [-0.2, -0.15) is 11.8 Å². The number of methoxy groups -OCH3 is 1. The lowest BCUT2D eigenvalue weighted by Gasteiger charge is -1.95. The lowest BCUT2D eigenvalue weighted by molar-refractivity contribution is -0.140. The number of carbonyl (C=O) groups is 2. The Labute approximate surface area is 64.1 Å². The Bertz CT molecular complexity index is 114. The van der Waals surface area contributed by atoms with Gasteiger partial charge in [-0.05, 0) is 0 Å². The summed E-state index contributed by atoms with van der Waals surface area (Å²) >= 11 is 1.43. The summed E-state index contributed by atoms with van der Waals surface area (Å²) in [5, 5.41) is 0. The molecule has 0 amide bonds. The molecule has 0 aliphatic carbocycles. The molecule has 3 nitrogen and oxygen atoms in total. The average molecular weight is 162 g/mol. The fraction of sp³-hybridized carbons (Fsp3) is 0.667. The summed E-state index contributed by atoms with van der Waals surface area (Å²) in [6.07, 6.45) is 1.21. The van der Waals surface area contributed by atoms with E-state index in [9.17, 15) is 9.59 Å². The first kappa shape index (κ1) is 9.49. The van der Waals surface area contributed by atoms with Gasteiger partial charge in [0, 0.05) is 11.5 Å². The third-order valence-electron chi connectivity index (χ3n) is 0.864. The molecule has 10 heavy (non-hydrogen) atoms. The molecule has 0 saturated carbocycles. The minimum Gasteiger partial charge on any atom is -0.469 e. The summed E-state index contributed by atoms with van der Waals surface area (Å²) in [7, 11) is 1.35. The summed E-state index contributed by atoms with van der Waals surface area (Å²) in [5.41, 5.74) is 0. The second kappa shape index (κ2) is 6.61. The monoisotopic (exact) mass is 162 g/mol. The minimum atomic E-state index is -0.224. The van der Waals surface area contributed by atoms with Crippen molar-refractivity contribution in [1.82, 2.24) is 0 Å². The fourth-order valence-corrected chi connectivity index (χ4v) is 0.963. The van der Waals surface area contributed by atoms with Crippen LogP contribution in [0, 0.1) is 0 Å². The maximum atomic E-state index is 10.5. The third kappa shape index (κ3) is 5.62. The van der Waals surface area contributed by atoms with Crippen LogP contribution in [-0.2, 0) is 14.3 Å². The van der Waals surface area contributed by atoms with Crippen LogP contribution in [0.3, 0.4) is 0 Å². The highest BCUT2D eigenvalue weighted by Crippen LogP contribution is 2.00. The number of ether oxygens (including phenoxy) is 1. The van der Waals surface area contributed by atoms with Crippen molar-refractivity contribution in [2.75, 3.05) is 18.6 Å². The molecule has 0 saturated heterocycles. The smallest absolute Gasteiger partial charge is 0.306 e. The molecular weight excluding hydrogens is 152 g/mol. The van der Waals surface area contributed by atoms with Gasteiger partial charge in [-0.15, -0.1) is 0 Å². The fourth-order valence-electron chi connectivity index (χ4n) is 0.389. The van der Waals surface area contributed by atoms with Crippen LogP contribution in [0.2, 0.25) is 0 Å². The molecule has 0 rings (SSSR count). The van der Waals surface area contributed by atoms with Gasteiger partial charge >= 0.3 is 5.97 Å². The molecule has 0 aliphatic rings. The molecule has 0 radical (unpaired) electrons. The molecule has 0 aliphatic heterocycles. The number of hydrogen-bond donors (Lipinski definition) is 0. The van der Waals surface area contributed by atoms with Gasteiger partial charge in [0.25, 0.3) is 0 Å². The molecule has 0 aromatic heterocycles. The van der Waals surface area contributed by atoms with E-state index in [1.165, 1.54) is 18.9 Å². The van der Waals surface area contributed by atoms with Crippen LogP contribution in [0.4, 0.5) is 0 Å². The van der Waals surface area contributed by atoms with Crippen molar-refractivity contribution in [2.45, 2.75) is 6.42 Å². The summed E-state index contributed by atoms with van der Waals surface area (Å²) in [5.74, 6) is 0.890. The molecule has 58 valence electrons. The van der Waals surface area contributed by atoms with Gasteiger partial charge in [0.15, 0.2) is 0 Å². The van der Waals surface area contributed by atoms with Gasteiger partial charge < -0.3 is 9.53 Å². The summed E-state index contributed by atoms with van der Waals surface area (Å²) in [4.78, 5) is 20.2. The first-order valence-electron chi connectivity index (χ1n) is 2.89. The Morgan fingerprint density at radius 1 is 1.70 bits per heavy atom. The van der Waals surface area contributed by atoms with E-state index < -0.39 is 0 Å².